The van der Waals surface area contributed by atoms with Crippen molar-refractivity contribution in [3.05, 3.63) is 24.5 Å². The van der Waals surface area contributed by atoms with Gasteiger partial charge in [0, 0.05) is 28.1 Å². The third kappa shape index (κ3) is 3.46. The molecule has 100 valence electrons. The van der Waals surface area contributed by atoms with Crippen LogP contribution in [-0.4, -0.2) is 34.0 Å². The number of nitrogens with zero attached hydrogens (tertiary/aromatic N) is 1. The zero-order chi connectivity index (χ0) is 12.8. The Hall–Kier alpha value is -0.580. The van der Waals surface area contributed by atoms with Crippen LogP contribution in [0.25, 0.3) is 0 Å². The maximum absolute atomic E-state index is 9.65. The highest BCUT2D eigenvalue weighted by atomic mass is 32.2. The molecule has 0 radical (unpaired) electrons. The number of hydrogen-bond donors (Lipinski definition) is 2. The molecular formula is C14H22N2OS. The van der Waals surface area contributed by atoms with Crippen LogP contribution in [-0.2, 0) is 0 Å². The minimum absolute atomic E-state index is 0.0410. The number of nitrogens with one attached hydrogen (secondary N) is 1. The van der Waals surface area contributed by atoms with Gasteiger partial charge in [0.25, 0.3) is 0 Å². The Balaban J connectivity index is 1.90. The van der Waals surface area contributed by atoms with Gasteiger partial charge >= 0.3 is 0 Å². The molecule has 1 aliphatic rings. The van der Waals surface area contributed by atoms with Gasteiger partial charge in [-0.1, -0.05) is 6.92 Å². The van der Waals surface area contributed by atoms with E-state index in [-0.39, 0.29) is 12.1 Å². The number of aliphatic hydroxyl groups is 1. The highest BCUT2D eigenvalue weighted by Crippen LogP contribution is 2.39. The van der Waals surface area contributed by atoms with Crippen LogP contribution in [0.1, 0.15) is 32.6 Å². The largest absolute Gasteiger partial charge is 0.394 e. The van der Waals surface area contributed by atoms with E-state index >= 15 is 0 Å². The van der Waals surface area contributed by atoms with E-state index in [0.29, 0.717) is 5.25 Å². The highest BCUT2D eigenvalue weighted by Gasteiger charge is 2.38. The Labute approximate surface area is 113 Å². The summed E-state index contributed by atoms with van der Waals surface area (Å²) in [5, 5.41) is 13.8. The minimum Gasteiger partial charge on any atom is -0.394 e. The van der Waals surface area contributed by atoms with Crippen LogP contribution >= 0.6 is 11.8 Å². The lowest BCUT2D eigenvalue weighted by atomic mass is 9.99. The molecule has 3 nitrogen and oxygen atoms in total. The standard InChI is InChI=1S/C14H22N2OS/c1-2-7-16-14(11-17)6-3-13(10-14)18-12-4-8-15-9-5-12/h4-5,8-9,13,16-17H,2-3,6-7,10-11H2,1H3. The molecule has 0 amide bonds. The smallest absolute Gasteiger partial charge is 0.0613 e. The molecule has 1 saturated carbocycles. The van der Waals surface area contributed by atoms with E-state index in [4.69, 9.17) is 0 Å². The number of rotatable bonds is 6. The number of aliphatic hydroxyl groups excluding tert-OH is 1. The van der Waals surface area contributed by atoms with Gasteiger partial charge in [0.2, 0.25) is 0 Å². The quantitative estimate of drug-likeness (QED) is 0.830. The molecule has 0 aliphatic heterocycles. The maximum atomic E-state index is 9.65. The fraction of sp³-hybridized carbons (Fsp3) is 0.643. The average molecular weight is 266 g/mol. The van der Waals surface area contributed by atoms with Crippen molar-refractivity contribution in [3.63, 3.8) is 0 Å². The molecule has 2 N–H and O–H groups in total. The second kappa shape index (κ2) is 6.55. The van der Waals surface area contributed by atoms with E-state index in [1.165, 1.54) is 11.3 Å². The van der Waals surface area contributed by atoms with Gasteiger partial charge in [0.05, 0.1) is 6.61 Å². The summed E-state index contributed by atoms with van der Waals surface area (Å²) in [4.78, 5) is 5.32. The molecule has 1 heterocycles. The fourth-order valence-electron chi connectivity index (χ4n) is 2.54. The Kier molecular flexibility index (Phi) is 5.03. The first-order valence-electron chi connectivity index (χ1n) is 6.70. The second-order valence-electron chi connectivity index (χ2n) is 5.03. The van der Waals surface area contributed by atoms with Gasteiger partial charge in [-0.3, -0.25) is 4.98 Å². The van der Waals surface area contributed by atoms with Crippen molar-refractivity contribution in [1.82, 2.24) is 10.3 Å². The van der Waals surface area contributed by atoms with Gasteiger partial charge in [-0.05, 0) is 44.4 Å². The third-order valence-electron chi connectivity index (χ3n) is 3.57. The fourth-order valence-corrected chi connectivity index (χ4v) is 3.84. The van der Waals surface area contributed by atoms with Crippen molar-refractivity contribution < 1.29 is 5.11 Å². The molecule has 4 heteroatoms. The second-order valence-corrected chi connectivity index (χ2v) is 6.40. The molecule has 18 heavy (non-hydrogen) atoms. The van der Waals surface area contributed by atoms with Crippen molar-refractivity contribution in [2.75, 3.05) is 13.2 Å². The molecule has 1 fully saturated rings. The predicted octanol–water partition coefficient (Wildman–Crippen LogP) is 2.46. The van der Waals surface area contributed by atoms with Crippen molar-refractivity contribution in [1.29, 1.82) is 0 Å². The van der Waals surface area contributed by atoms with Crippen LogP contribution in [0.15, 0.2) is 29.4 Å². The number of hydrogen-bond acceptors (Lipinski definition) is 4. The SMILES string of the molecule is CCCNC1(CO)CCC(Sc2ccncc2)C1. The first-order chi connectivity index (χ1) is 8.78. The van der Waals surface area contributed by atoms with Crippen molar-refractivity contribution >= 4 is 11.8 Å². The summed E-state index contributed by atoms with van der Waals surface area (Å²) in [6.45, 7) is 3.41. The number of pyridine rings is 1. The molecule has 1 aromatic rings. The lowest BCUT2D eigenvalue weighted by Gasteiger charge is -2.28. The van der Waals surface area contributed by atoms with Gasteiger partial charge in [-0.15, -0.1) is 11.8 Å². The van der Waals surface area contributed by atoms with Crippen LogP contribution in [0.3, 0.4) is 0 Å². The van der Waals surface area contributed by atoms with E-state index in [1.54, 1.807) is 0 Å². The van der Waals surface area contributed by atoms with Gasteiger partial charge in [-0.2, -0.15) is 0 Å². The Morgan fingerprint density at radius 2 is 2.28 bits per heavy atom. The molecule has 0 spiro atoms. The van der Waals surface area contributed by atoms with Crippen LogP contribution in [0.5, 0.6) is 0 Å². The van der Waals surface area contributed by atoms with Crippen LogP contribution < -0.4 is 5.32 Å². The number of aromatic nitrogens is 1. The summed E-state index contributed by atoms with van der Waals surface area (Å²) in [5.41, 5.74) is -0.0410. The topological polar surface area (TPSA) is 45.1 Å². The first-order valence-corrected chi connectivity index (χ1v) is 7.58. The lowest BCUT2D eigenvalue weighted by molar-refractivity contribution is 0.165. The zero-order valence-electron chi connectivity index (χ0n) is 10.9. The van der Waals surface area contributed by atoms with Crippen molar-refractivity contribution in [3.8, 4) is 0 Å². The van der Waals surface area contributed by atoms with Gasteiger partial charge in [0.15, 0.2) is 0 Å². The average Bonchev–Trinajstić information content (AvgIpc) is 2.82. The van der Waals surface area contributed by atoms with Crippen LogP contribution in [0, 0.1) is 0 Å². The van der Waals surface area contributed by atoms with Crippen molar-refractivity contribution in [2.45, 2.75) is 48.3 Å². The highest BCUT2D eigenvalue weighted by molar-refractivity contribution is 8.00. The van der Waals surface area contributed by atoms with Crippen LogP contribution in [0.4, 0.5) is 0 Å². The normalized spacial score (nSPS) is 27.6. The Morgan fingerprint density at radius 3 is 2.94 bits per heavy atom. The number of thioether (sulfide) groups is 1. The molecule has 1 aromatic heterocycles. The Morgan fingerprint density at radius 1 is 1.50 bits per heavy atom. The molecule has 2 unspecified atom stereocenters. The lowest BCUT2D eigenvalue weighted by Crippen LogP contribution is -2.46. The van der Waals surface area contributed by atoms with Gasteiger partial charge in [0.1, 0.15) is 0 Å². The van der Waals surface area contributed by atoms with E-state index in [0.717, 1.165) is 25.8 Å². The summed E-state index contributed by atoms with van der Waals surface area (Å²) in [6, 6.07) is 4.12. The van der Waals surface area contributed by atoms with E-state index in [9.17, 15) is 5.11 Å². The third-order valence-corrected chi connectivity index (χ3v) is 4.85. The molecule has 0 aromatic carbocycles. The summed E-state index contributed by atoms with van der Waals surface area (Å²) < 4.78 is 0. The van der Waals surface area contributed by atoms with Crippen molar-refractivity contribution in [2.24, 2.45) is 0 Å². The molecule has 0 saturated heterocycles. The zero-order valence-corrected chi connectivity index (χ0v) is 11.7. The van der Waals surface area contributed by atoms with Crippen LogP contribution in [0.2, 0.25) is 0 Å². The molecular weight excluding hydrogens is 244 g/mol. The van der Waals surface area contributed by atoms with E-state index in [1.807, 2.05) is 24.2 Å². The minimum atomic E-state index is -0.0410. The molecule has 1 aliphatic carbocycles. The van der Waals surface area contributed by atoms with E-state index < -0.39 is 0 Å². The van der Waals surface area contributed by atoms with Gasteiger partial charge in [-0.25, -0.2) is 0 Å². The predicted molar refractivity (Wildman–Crippen MR) is 75.8 cm³/mol. The summed E-state index contributed by atoms with van der Waals surface area (Å²) >= 11 is 1.91. The molecule has 0 bridgehead atoms. The van der Waals surface area contributed by atoms with E-state index in [2.05, 4.69) is 29.4 Å². The summed E-state index contributed by atoms with van der Waals surface area (Å²) in [5.74, 6) is 0. The molecule has 2 rings (SSSR count). The first kappa shape index (κ1) is 13.8. The Bertz CT molecular complexity index is 360. The summed E-state index contributed by atoms with van der Waals surface area (Å²) in [6.07, 6.45) is 8.09. The molecule has 2 atom stereocenters. The summed E-state index contributed by atoms with van der Waals surface area (Å²) in [7, 11) is 0. The maximum Gasteiger partial charge on any atom is 0.0613 e. The monoisotopic (exact) mass is 266 g/mol. The van der Waals surface area contributed by atoms with Gasteiger partial charge < -0.3 is 10.4 Å².